The van der Waals surface area contributed by atoms with Crippen molar-refractivity contribution >= 4 is 17.5 Å². The van der Waals surface area contributed by atoms with E-state index in [-0.39, 0.29) is 5.78 Å². The maximum atomic E-state index is 12.3. The van der Waals surface area contributed by atoms with E-state index in [4.69, 9.17) is 0 Å². The maximum absolute atomic E-state index is 12.3. The Bertz CT molecular complexity index is 504. The third-order valence-corrected chi connectivity index (χ3v) is 3.24. The summed E-state index contributed by atoms with van der Waals surface area (Å²) in [6.45, 7) is 0. The monoisotopic (exact) mass is 246 g/mol. The number of ketones is 2. The van der Waals surface area contributed by atoms with Crippen LogP contribution in [0.1, 0.15) is 28.8 Å². The van der Waals surface area contributed by atoms with Gasteiger partial charge in [-0.05, 0) is 24.8 Å². The van der Waals surface area contributed by atoms with Gasteiger partial charge in [0.2, 0.25) is 0 Å². The SMILES string of the molecule is COC(=O)C(=O)C1CCCc2ccccc2C1=O. The van der Waals surface area contributed by atoms with Crippen molar-refractivity contribution in [1.82, 2.24) is 0 Å². The van der Waals surface area contributed by atoms with Gasteiger partial charge in [-0.15, -0.1) is 0 Å². The number of fused-ring (bicyclic) bond motifs is 1. The van der Waals surface area contributed by atoms with Gasteiger partial charge in [0.25, 0.3) is 5.78 Å². The molecule has 4 nitrogen and oxygen atoms in total. The molecule has 0 aliphatic heterocycles. The van der Waals surface area contributed by atoms with Crippen molar-refractivity contribution in [3.05, 3.63) is 35.4 Å². The number of ether oxygens (including phenoxy) is 1. The molecule has 0 saturated carbocycles. The highest BCUT2D eigenvalue weighted by Gasteiger charge is 2.34. The lowest BCUT2D eigenvalue weighted by molar-refractivity contribution is -0.152. The molecule has 0 bridgehead atoms. The molecule has 0 heterocycles. The third kappa shape index (κ3) is 2.18. The van der Waals surface area contributed by atoms with E-state index in [1.165, 1.54) is 0 Å². The van der Waals surface area contributed by atoms with E-state index in [0.29, 0.717) is 12.0 Å². The Morgan fingerprint density at radius 2 is 2.00 bits per heavy atom. The second kappa shape index (κ2) is 5.12. The Hall–Kier alpha value is -1.97. The molecule has 94 valence electrons. The second-order valence-corrected chi connectivity index (χ2v) is 4.32. The zero-order chi connectivity index (χ0) is 13.1. The number of hydrogen-bond donors (Lipinski definition) is 0. The molecule has 18 heavy (non-hydrogen) atoms. The zero-order valence-electron chi connectivity index (χ0n) is 10.1. The lowest BCUT2D eigenvalue weighted by Gasteiger charge is -2.10. The van der Waals surface area contributed by atoms with Gasteiger partial charge in [-0.3, -0.25) is 9.59 Å². The highest BCUT2D eigenvalue weighted by molar-refractivity contribution is 6.39. The quantitative estimate of drug-likeness (QED) is 0.344. The van der Waals surface area contributed by atoms with Gasteiger partial charge in [-0.25, -0.2) is 4.79 Å². The van der Waals surface area contributed by atoms with Gasteiger partial charge in [0, 0.05) is 5.56 Å². The summed E-state index contributed by atoms with van der Waals surface area (Å²) >= 11 is 0. The van der Waals surface area contributed by atoms with Gasteiger partial charge >= 0.3 is 5.97 Å². The minimum atomic E-state index is -0.937. The molecule has 1 aliphatic rings. The van der Waals surface area contributed by atoms with Crippen molar-refractivity contribution in [2.75, 3.05) is 7.11 Å². The topological polar surface area (TPSA) is 60.4 Å². The van der Waals surface area contributed by atoms with E-state index in [1.54, 1.807) is 12.1 Å². The molecule has 0 spiro atoms. The standard InChI is InChI=1S/C14H14O4/c1-18-14(17)13(16)11-8-4-6-9-5-2-3-7-10(9)12(11)15/h2-3,5,7,11H,4,6,8H2,1H3. The van der Waals surface area contributed by atoms with Crippen molar-refractivity contribution in [2.45, 2.75) is 19.3 Å². The van der Waals surface area contributed by atoms with E-state index in [2.05, 4.69) is 4.74 Å². The molecular weight excluding hydrogens is 232 g/mol. The fourth-order valence-electron chi connectivity index (χ4n) is 2.29. The summed E-state index contributed by atoms with van der Waals surface area (Å²) in [5, 5.41) is 0. The maximum Gasteiger partial charge on any atom is 0.375 e. The molecule has 1 aromatic rings. The number of rotatable bonds is 2. The largest absolute Gasteiger partial charge is 0.463 e. The summed E-state index contributed by atoms with van der Waals surface area (Å²) in [5.74, 6) is -2.83. The normalized spacial score (nSPS) is 18.7. The van der Waals surface area contributed by atoms with Crippen LogP contribution in [0.2, 0.25) is 0 Å². The zero-order valence-corrected chi connectivity index (χ0v) is 10.1. The van der Waals surface area contributed by atoms with Gasteiger partial charge in [-0.2, -0.15) is 0 Å². The van der Waals surface area contributed by atoms with Crippen LogP contribution in [0, 0.1) is 5.92 Å². The van der Waals surface area contributed by atoms with E-state index >= 15 is 0 Å². The van der Waals surface area contributed by atoms with Crippen molar-refractivity contribution in [3.63, 3.8) is 0 Å². The first kappa shape index (κ1) is 12.5. The van der Waals surface area contributed by atoms with Gasteiger partial charge < -0.3 is 4.74 Å². The first-order chi connectivity index (χ1) is 8.65. The highest BCUT2D eigenvalue weighted by Crippen LogP contribution is 2.25. The summed E-state index contributed by atoms with van der Waals surface area (Å²) in [4.78, 5) is 35.3. The van der Waals surface area contributed by atoms with Crippen LogP contribution < -0.4 is 0 Å². The van der Waals surface area contributed by atoms with E-state index in [0.717, 1.165) is 25.5 Å². The molecular formula is C14H14O4. The molecule has 1 aliphatic carbocycles. The number of carbonyl (C=O) groups excluding carboxylic acids is 3. The van der Waals surface area contributed by atoms with Gasteiger partial charge in [0.1, 0.15) is 0 Å². The lowest BCUT2D eigenvalue weighted by atomic mass is 9.91. The average molecular weight is 246 g/mol. The number of aryl methyl sites for hydroxylation is 1. The lowest BCUT2D eigenvalue weighted by Crippen LogP contribution is -2.30. The molecule has 1 atom stereocenters. The minimum absolute atomic E-state index is 0.265. The Balaban J connectivity index is 2.34. The predicted molar refractivity (Wildman–Crippen MR) is 64.2 cm³/mol. The fourth-order valence-corrected chi connectivity index (χ4v) is 2.29. The number of methoxy groups -OCH3 is 1. The summed E-state index contributed by atoms with van der Waals surface area (Å²) in [5.41, 5.74) is 1.50. The van der Waals surface area contributed by atoms with Gasteiger partial charge in [-0.1, -0.05) is 24.3 Å². The van der Waals surface area contributed by atoms with E-state index in [1.807, 2.05) is 12.1 Å². The molecule has 0 fully saturated rings. The number of esters is 1. The van der Waals surface area contributed by atoms with Crippen LogP contribution in [0.25, 0.3) is 0 Å². The Morgan fingerprint density at radius 3 is 2.72 bits per heavy atom. The summed E-state index contributed by atoms with van der Waals surface area (Å²) in [7, 11) is 1.15. The smallest absolute Gasteiger partial charge is 0.375 e. The van der Waals surface area contributed by atoms with Crippen molar-refractivity contribution < 1.29 is 19.1 Å². The van der Waals surface area contributed by atoms with Crippen LogP contribution in [0.3, 0.4) is 0 Å². The molecule has 0 saturated heterocycles. The first-order valence-electron chi connectivity index (χ1n) is 5.89. The number of Topliss-reactive ketones (excluding diaryl/α,β-unsaturated/α-hetero) is 2. The van der Waals surface area contributed by atoms with Crippen LogP contribution in [0.5, 0.6) is 0 Å². The molecule has 0 N–H and O–H groups in total. The molecule has 4 heteroatoms. The Labute approximate surface area is 105 Å². The first-order valence-corrected chi connectivity index (χ1v) is 5.89. The summed E-state index contributed by atoms with van der Waals surface area (Å²) in [6.07, 6.45) is 1.88. The average Bonchev–Trinajstić information content (AvgIpc) is 2.57. The summed E-state index contributed by atoms with van der Waals surface area (Å²) < 4.78 is 4.40. The number of hydrogen-bond acceptors (Lipinski definition) is 4. The van der Waals surface area contributed by atoms with E-state index in [9.17, 15) is 14.4 Å². The third-order valence-electron chi connectivity index (χ3n) is 3.24. The van der Waals surface area contributed by atoms with Crippen LogP contribution in [-0.4, -0.2) is 24.6 Å². The minimum Gasteiger partial charge on any atom is -0.463 e. The molecule has 2 rings (SSSR count). The predicted octanol–water partition coefficient (Wildman–Crippen LogP) is 1.56. The van der Waals surface area contributed by atoms with Crippen LogP contribution in [0.4, 0.5) is 0 Å². The van der Waals surface area contributed by atoms with Gasteiger partial charge in [0.15, 0.2) is 5.78 Å². The highest BCUT2D eigenvalue weighted by atomic mass is 16.5. The molecule has 1 aromatic carbocycles. The second-order valence-electron chi connectivity index (χ2n) is 4.32. The number of carbonyl (C=O) groups is 3. The Morgan fingerprint density at radius 1 is 1.28 bits per heavy atom. The Kier molecular flexibility index (Phi) is 3.55. The fraction of sp³-hybridized carbons (Fsp3) is 0.357. The van der Waals surface area contributed by atoms with Crippen LogP contribution in [0.15, 0.2) is 24.3 Å². The molecule has 0 radical (unpaired) electrons. The molecule has 0 aromatic heterocycles. The number of benzene rings is 1. The molecule has 0 amide bonds. The van der Waals surface area contributed by atoms with Crippen LogP contribution in [-0.2, 0) is 20.7 Å². The van der Waals surface area contributed by atoms with Crippen molar-refractivity contribution in [2.24, 2.45) is 5.92 Å². The van der Waals surface area contributed by atoms with Crippen molar-refractivity contribution in [3.8, 4) is 0 Å². The van der Waals surface area contributed by atoms with Gasteiger partial charge in [0.05, 0.1) is 13.0 Å². The molecule has 1 unspecified atom stereocenters. The van der Waals surface area contributed by atoms with Crippen LogP contribution >= 0.6 is 0 Å². The summed E-state index contributed by atoms with van der Waals surface area (Å²) in [6, 6.07) is 7.23. The van der Waals surface area contributed by atoms with Crippen molar-refractivity contribution in [1.29, 1.82) is 0 Å². The van der Waals surface area contributed by atoms with E-state index < -0.39 is 17.7 Å².